The number of rotatable bonds is 17. The molecule has 9 heteroatoms. The number of benzene rings is 4. The standard InChI is InChI=1S/C37H35ClO8/c1-2-43-35(37(41)42)23-28-11-17-31(18-12-28)44-21-3-5-26-7-13-29(14-8-26)30-15-9-27(10-16-30)6-4-22-45-34-20-19-32(24-33(34)38)46-25-36(39)40/h3-20,24,35H,2,21-23,25H2,1H3,(H,39,40)(H,41,42). The van der Waals surface area contributed by atoms with Gasteiger partial charge in [0.1, 0.15) is 30.5 Å². The van der Waals surface area contributed by atoms with E-state index >= 15 is 0 Å². The van der Waals surface area contributed by atoms with Crippen LogP contribution in [-0.4, -0.2) is 54.7 Å². The monoisotopic (exact) mass is 642 g/mol. The zero-order chi connectivity index (χ0) is 32.7. The van der Waals surface area contributed by atoms with Gasteiger partial charge in [-0.25, -0.2) is 9.59 Å². The summed E-state index contributed by atoms with van der Waals surface area (Å²) in [6.45, 7) is 2.41. The molecule has 4 aromatic carbocycles. The molecule has 0 radical (unpaired) electrons. The third-order valence-electron chi connectivity index (χ3n) is 6.71. The van der Waals surface area contributed by atoms with Crippen molar-refractivity contribution < 1.29 is 38.7 Å². The maximum atomic E-state index is 11.3. The summed E-state index contributed by atoms with van der Waals surface area (Å²) >= 11 is 6.21. The number of carboxylic acid groups (broad SMARTS) is 2. The maximum absolute atomic E-state index is 11.3. The first-order chi connectivity index (χ1) is 22.3. The van der Waals surface area contributed by atoms with Crippen molar-refractivity contribution in [2.75, 3.05) is 26.4 Å². The molecule has 0 aliphatic rings. The van der Waals surface area contributed by atoms with Crippen LogP contribution < -0.4 is 14.2 Å². The first-order valence-electron chi connectivity index (χ1n) is 14.7. The van der Waals surface area contributed by atoms with Crippen LogP contribution in [0.1, 0.15) is 23.6 Å². The van der Waals surface area contributed by atoms with Gasteiger partial charge in [0.2, 0.25) is 0 Å². The molecular weight excluding hydrogens is 608 g/mol. The minimum Gasteiger partial charge on any atom is -0.490 e. The van der Waals surface area contributed by atoms with E-state index in [1.165, 1.54) is 6.07 Å². The SMILES string of the molecule is CCOC(Cc1ccc(OCC=Cc2ccc(-c3ccc(C=CCOc4ccc(OCC(=O)O)cc4Cl)cc3)cc2)cc1)C(=O)O. The molecule has 0 bridgehead atoms. The van der Waals surface area contributed by atoms with Gasteiger partial charge in [-0.05, 0) is 71.2 Å². The Balaban J connectivity index is 1.21. The van der Waals surface area contributed by atoms with Crippen LogP contribution in [0.25, 0.3) is 23.3 Å². The van der Waals surface area contributed by atoms with Gasteiger partial charge < -0.3 is 29.2 Å². The molecule has 0 amide bonds. The fourth-order valence-corrected chi connectivity index (χ4v) is 4.64. The van der Waals surface area contributed by atoms with Crippen molar-refractivity contribution >= 4 is 35.7 Å². The molecule has 4 rings (SSSR count). The van der Waals surface area contributed by atoms with Gasteiger partial charge >= 0.3 is 11.9 Å². The zero-order valence-corrected chi connectivity index (χ0v) is 26.1. The molecule has 46 heavy (non-hydrogen) atoms. The first kappa shape index (κ1) is 33.8. The molecule has 0 aliphatic heterocycles. The van der Waals surface area contributed by atoms with Crippen molar-refractivity contribution in [3.05, 3.63) is 125 Å². The van der Waals surface area contributed by atoms with Crippen LogP contribution in [0.4, 0.5) is 0 Å². The van der Waals surface area contributed by atoms with Gasteiger partial charge in [-0.3, -0.25) is 0 Å². The summed E-state index contributed by atoms with van der Waals surface area (Å²) in [6.07, 6.45) is 7.25. The minimum atomic E-state index is -1.06. The van der Waals surface area contributed by atoms with E-state index in [1.54, 1.807) is 19.1 Å². The molecule has 0 fully saturated rings. The fraction of sp³-hybridized carbons (Fsp3) is 0.189. The number of carboxylic acids is 2. The highest BCUT2D eigenvalue weighted by Gasteiger charge is 2.17. The van der Waals surface area contributed by atoms with Crippen molar-refractivity contribution in [1.29, 1.82) is 0 Å². The van der Waals surface area contributed by atoms with E-state index in [2.05, 4.69) is 36.4 Å². The second-order valence-electron chi connectivity index (χ2n) is 10.1. The molecule has 0 heterocycles. The Bertz CT molecular complexity index is 1630. The van der Waals surface area contributed by atoms with E-state index in [0.717, 1.165) is 27.8 Å². The summed E-state index contributed by atoms with van der Waals surface area (Å²) in [5, 5.41) is 18.3. The number of hydrogen-bond donors (Lipinski definition) is 2. The Morgan fingerprint density at radius 1 is 0.739 bits per heavy atom. The van der Waals surface area contributed by atoms with Gasteiger partial charge in [-0.15, -0.1) is 0 Å². The summed E-state index contributed by atoms with van der Waals surface area (Å²) in [5.41, 5.74) is 5.16. The normalized spacial score (nSPS) is 11.9. The van der Waals surface area contributed by atoms with Gasteiger partial charge in [0, 0.05) is 19.1 Å². The summed E-state index contributed by atoms with van der Waals surface area (Å²) in [6, 6.07) is 28.6. The molecule has 2 N–H and O–H groups in total. The lowest BCUT2D eigenvalue weighted by atomic mass is 10.0. The van der Waals surface area contributed by atoms with Gasteiger partial charge in [-0.1, -0.05) is 84.4 Å². The van der Waals surface area contributed by atoms with E-state index in [4.69, 9.17) is 35.7 Å². The number of halogens is 1. The van der Waals surface area contributed by atoms with Crippen molar-refractivity contribution in [2.24, 2.45) is 0 Å². The van der Waals surface area contributed by atoms with E-state index in [1.807, 2.05) is 60.7 Å². The Morgan fingerprint density at radius 3 is 1.83 bits per heavy atom. The molecule has 8 nitrogen and oxygen atoms in total. The van der Waals surface area contributed by atoms with Crippen molar-refractivity contribution in [3.8, 4) is 28.4 Å². The van der Waals surface area contributed by atoms with E-state index in [-0.39, 0.29) is 0 Å². The fourth-order valence-electron chi connectivity index (χ4n) is 4.41. The van der Waals surface area contributed by atoms with Crippen LogP contribution in [-0.2, 0) is 20.7 Å². The molecule has 4 aromatic rings. The molecule has 1 atom stereocenters. The summed E-state index contributed by atoms with van der Waals surface area (Å²) < 4.78 is 21.9. The highest BCUT2D eigenvalue weighted by molar-refractivity contribution is 6.32. The molecule has 1 unspecified atom stereocenters. The lowest BCUT2D eigenvalue weighted by Gasteiger charge is -2.12. The molecule has 0 saturated heterocycles. The molecule has 0 saturated carbocycles. The Kier molecular flexibility index (Phi) is 12.8. The topological polar surface area (TPSA) is 112 Å². The van der Waals surface area contributed by atoms with Gasteiger partial charge in [0.25, 0.3) is 0 Å². The summed E-state index contributed by atoms with van der Waals surface area (Å²) in [7, 11) is 0. The van der Waals surface area contributed by atoms with Crippen LogP contribution >= 0.6 is 11.6 Å². The average molecular weight is 643 g/mol. The van der Waals surface area contributed by atoms with E-state index in [0.29, 0.717) is 48.5 Å². The molecule has 0 aromatic heterocycles. The second kappa shape index (κ2) is 17.4. The maximum Gasteiger partial charge on any atom is 0.341 e. The number of aliphatic carboxylic acids is 2. The van der Waals surface area contributed by atoms with Crippen LogP contribution in [0.5, 0.6) is 17.2 Å². The predicted octanol–water partition coefficient (Wildman–Crippen LogP) is 7.69. The molecular formula is C37H35ClO8. The Labute approximate surface area is 273 Å². The minimum absolute atomic E-state index is 0.306. The predicted molar refractivity (Wildman–Crippen MR) is 179 cm³/mol. The van der Waals surface area contributed by atoms with Crippen LogP contribution in [0.15, 0.2) is 103 Å². The van der Waals surface area contributed by atoms with Crippen molar-refractivity contribution in [2.45, 2.75) is 19.4 Å². The number of hydrogen-bond acceptors (Lipinski definition) is 6. The van der Waals surface area contributed by atoms with Gasteiger partial charge in [-0.2, -0.15) is 0 Å². The van der Waals surface area contributed by atoms with Crippen molar-refractivity contribution in [3.63, 3.8) is 0 Å². The van der Waals surface area contributed by atoms with E-state index < -0.39 is 24.6 Å². The summed E-state index contributed by atoms with van der Waals surface area (Å²) in [4.78, 5) is 21.9. The Hall–Kier alpha value is -5.05. The van der Waals surface area contributed by atoms with Crippen LogP contribution in [0.2, 0.25) is 5.02 Å². The van der Waals surface area contributed by atoms with Crippen LogP contribution in [0, 0.1) is 0 Å². The molecule has 0 spiro atoms. The quantitative estimate of drug-likeness (QED) is 0.121. The summed E-state index contributed by atoms with van der Waals surface area (Å²) in [5.74, 6) is -0.479. The lowest BCUT2D eigenvalue weighted by molar-refractivity contribution is -0.150. The van der Waals surface area contributed by atoms with Gasteiger partial charge in [0.15, 0.2) is 12.7 Å². The van der Waals surface area contributed by atoms with Gasteiger partial charge in [0.05, 0.1) is 5.02 Å². The number of ether oxygens (including phenoxy) is 4. The molecule has 238 valence electrons. The lowest BCUT2D eigenvalue weighted by Crippen LogP contribution is -2.26. The smallest absolute Gasteiger partial charge is 0.341 e. The van der Waals surface area contributed by atoms with E-state index in [9.17, 15) is 14.7 Å². The highest BCUT2D eigenvalue weighted by atomic mass is 35.5. The second-order valence-corrected chi connectivity index (χ2v) is 10.5. The highest BCUT2D eigenvalue weighted by Crippen LogP contribution is 2.29. The average Bonchev–Trinajstić information content (AvgIpc) is 3.06. The van der Waals surface area contributed by atoms with Crippen LogP contribution in [0.3, 0.4) is 0 Å². The zero-order valence-electron chi connectivity index (χ0n) is 25.3. The number of carbonyl (C=O) groups is 2. The first-order valence-corrected chi connectivity index (χ1v) is 15.0. The Morgan fingerprint density at radius 2 is 1.30 bits per heavy atom. The molecule has 0 aliphatic carbocycles. The third-order valence-corrected chi connectivity index (χ3v) is 7.01. The third kappa shape index (κ3) is 10.8. The largest absolute Gasteiger partial charge is 0.490 e. The van der Waals surface area contributed by atoms with Crippen molar-refractivity contribution in [1.82, 2.24) is 0 Å².